The molecule has 98 valence electrons. The number of halogens is 2. The topological polar surface area (TPSA) is 17.1 Å². The van der Waals surface area contributed by atoms with Gasteiger partial charge in [-0.05, 0) is 30.9 Å². The zero-order valence-corrected chi connectivity index (χ0v) is 11.4. The molecule has 1 aliphatic rings. The van der Waals surface area contributed by atoms with Crippen LogP contribution in [0.25, 0.3) is 0 Å². The van der Waals surface area contributed by atoms with Crippen LogP contribution in [0.2, 0.25) is 5.02 Å². The third-order valence-corrected chi connectivity index (χ3v) is 4.50. The van der Waals surface area contributed by atoms with E-state index in [1.807, 2.05) is 0 Å². The van der Waals surface area contributed by atoms with Gasteiger partial charge >= 0.3 is 0 Å². The summed E-state index contributed by atoms with van der Waals surface area (Å²) in [7, 11) is 0. The normalized spacial score (nSPS) is 17.9. The Morgan fingerprint density at radius 3 is 2.67 bits per heavy atom. The fraction of sp³-hybridized carbons (Fsp3) is 0.533. The van der Waals surface area contributed by atoms with Crippen LogP contribution in [-0.4, -0.2) is 5.78 Å². The predicted molar refractivity (Wildman–Crippen MR) is 71.3 cm³/mol. The number of rotatable bonds is 4. The molecule has 0 atom stereocenters. The number of ketones is 1. The largest absolute Gasteiger partial charge is 0.299 e. The van der Waals surface area contributed by atoms with Gasteiger partial charge < -0.3 is 0 Å². The summed E-state index contributed by atoms with van der Waals surface area (Å²) in [6, 6.07) is 4.86. The number of benzene rings is 1. The number of hydrogen-bond donors (Lipinski definition) is 0. The van der Waals surface area contributed by atoms with Gasteiger partial charge in [0, 0.05) is 11.8 Å². The van der Waals surface area contributed by atoms with Gasteiger partial charge in [0.2, 0.25) is 0 Å². The maximum Gasteiger partial charge on any atom is 0.145 e. The van der Waals surface area contributed by atoms with E-state index in [0.29, 0.717) is 5.56 Å². The Morgan fingerprint density at radius 1 is 1.39 bits per heavy atom. The van der Waals surface area contributed by atoms with Crippen molar-refractivity contribution in [2.75, 3.05) is 0 Å². The Hall–Kier alpha value is -0.890. The van der Waals surface area contributed by atoms with E-state index in [2.05, 4.69) is 6.92 Å². The highest BCUT2D eigenvalue weighted by molar-refractivity contribution is 6.30. The zero-order valence-electron chi connectivity index (χ0n) is 10.6. The van der Waals surface area contributed by atoms with Gasteiger partial charge in [-0.15, -0.1) is 0 Å². The molecule has 0 unspecified atom stereocenters. The molecule has 3 heteroatoms. The molecule has 1 aliphatic carbocycles. The average molecular weight is 269 g/mol. The summed E-state index contributed by atoms with van der Waals surface area (Å²) < 4.78 is 13.8. The first-order valence-electron chi connectivity index (χ1n) is 6.55. The lowest BCUT2D eigenvalue weighted by atomic mass is 9.77. The lowest BCUT2D eigenvalue weighted by Crippen LogP contribution is -2.29. The average Bonchev–Trinajstić information content (AvgIpc) is 2.85. The molecule has 0 N–H and O–H groups in total. The van der Waals surface area contributed by atoms with Crippen LogP contribution in [0.4, 0.5) is 4.39 Å². The van der Waals surface area contributed by atoms with Gasteiger partial charge in [-0.1, -0.05) is 43.5 Å². The van der Waals surface area contributed by atoms with E-state index in [9.17, 15) is 9.18 Å². The number of Topliss-reactive ketones (excluding diaryl/α,β-unsaturated/α-hetero) is 1. The van der Waals surface area contributed by atoms with Gasteiger partial charge in [-0.3, -0.25) is 4.79 Å². The summed E-state index contributed by atoms with van der Waals surface area (Å²) in [6.07, 6.45) is 5.14. The van der Waals surface area contributed by atoms with Crippen molar-refractivity contribution in [1.29, 1.82) is 0 Å². The summed E-state index contributed by atoms with van der Waals surface area (Å²) in [5.41, 5.74) is 0.210. The molecule has 0 radical (unpaired) electrons. The minimum Gasteiger partial charge on any atom is -0.299 e. The lowest BCUT2D eigenvalue weighted by Gasteiger charge is -2.25. The molecule has 0 saturated heterocycles. The van der Waals surface area contributed by atoms with E-state index in [1.54, 1.807) is 12.1 Å². The Balaban J connectivity index is 2.18. The van der Waals surface area contributed by atoms with Crippen molar-refractivity contribution >= 4 is 17.4 Å². The molecule has 1 aromatic rings. The van der Waals surface area contributed by atoms with Gasteiger partial charge in [0.05, 0.1) is 5.02 Å². The van der Waals surface area contributed by atoms with Crippen molar-refractivity contribution in [3.05, 3.63) is 34.6 Å². The Bertz CT molecular complexity index is 450. The van der Waals surface area contributed by atoms with Crippen LogP contribution in [0.1, 0.15) is 44.6 Å². The fourth-order valence-electron chi connectivity index (χ4n) is 2.93. The van der Waals surface area contributed by atoms with Crippen molar-refractivity contribution in [3.8, 4) is 0 Å². The number of carbonyl (C=O) groups excluding carboxylic acids is 1. The highest BCUT2D eigenvalue weighted by Gasteiger charge is 2.38. The zero-order chi connectivity index (χ0) is 13.2. The van der Waals surface area contributed by atoms with Gasteiger partial charge in [-0.25, -0.2) is 4.39 Å². The second kappa shape index (κ2) is 5.40. The van der Waals surface area contributed by atoms with E-state index in [1.165, 1.54) is 6.07 Å². The summed E-state index contributed by atoms with van der Waals surface area (Å²) >= 11 is 5.74. The van der Waals surface area contributed by atoms with Crippen LogP contribution in [0.3, 0.4) is 0 Å². The molecule has 0 aromatic heterocycles. The minimum atomic E-state index is -0.447. The Labute approximate surface area is 112 Å². The van der Waals surface area contributed by atoms with E-state index < -0.39 is 5.82 Å². The summed E-state index contributed by atoms with van der Waals surface area (Å²) in [6.45, 7) is 2.05. The van der Waals surface area contributed by atoms with E-state index in [0.717, 1.165) is 32.1 Å². The summed E-state index contributed by atoms with van der Waals surface area (Å²) in [5.74, 6) is -0.277. The monoisotopic (exact) mass is 268 g/mol. The molecule has 18 heavy (non-hydrogen) atoms. The molecule has 1 saturated carbocycles. The Morgan fingerprint density at radius 2 is 2.06 bits per heavy atom. The number of hydrogen-bond acceptors (Lipinski definition) is 1. The molecule has 1 nitrogen and oxygen atoms in total. The van der Waals surface area contributed by atoms with Gasteiger partial charge in [0.15, 0.2) is 0 Å². The highest BCUT2D eigenvalue weighted by atomic mass is 35.5. The van der Waals surface area contributed by atoms with Crippen LogP contribution in [0.15, 0.2) is 18.2 Å². The van der Waals surface area contributed by atoms with Crippen molar-refractivity contribution in [2.45, 2.75) is 45.4 Å². The maximum absolute atomic E-state index is 13.8. The highest BCUT2D eigenvalue weighted by Crippen LogP contribution is 2.42. The second-order valence-electron chi connectivity index (χ2n) is 5.15. The van der Waals surface area contributed by atoms with Crippen LogP contribution < -0.4 is 0 Å². The summed E-state index contributed by atoms with van der Waals surface area (Å²) in [5, 5.41) is 0.0947. The fourth-order valence-corrected chi connectivity index (χ4v) is 3.12. The predicted octanol–water partition coefficient (Wildman–Crippen LogP) is 4.56. The molecule has 2 rings (SSSR count). The van der Waals surface area contributed by atoms with Crippen LogP contribution in [-0.2, 0) is 11.2 Å². The second-order valence-corrected chi connectivity index (χ2v) is 5.56. The lowest BCUT2D eigenvalue weighted by molar-refractivity contribution is -0.128. The maximum atomic E-state index is 13.8. The SMILES string of the molecule is CCC1(C(=O)Cc2cccc(Cl)c2F)CCCC1. The van der Waals surface area contributed by atoms with Gasteiger partial charge in [0.25, 0.3) is 0 Å². The quantitative estimate of drug-likeness (QED) is 0.782. The van der Waals surface area contributed by atoms with Crippen molar-refractivity contribution in [1.82, 2.24) is 0 Å². The molecule has 1 aromatic carbocycles. The minimum absolute atomic E-state index is 0.0947. The molecular formula is C15H18ClFO. The first-order valence-corrected chi connectivity index (χ1v) is 6.93. The van der Waals surface area contributed by atoms with Crippen molar-refractivity contribution in [2.24, 2.45) is 5.41 Å². The van der Waals surface area contributed by atoms with Crippen LogP contribution in [0, 0.1) is 11.2 Å². The molecule has 0 heterocycles. The van der Waals surface area contributed by atoms with E-state index in [4.69, 9.17) is 11.6 Å². The molecule has 0 spiro atoms. The Kier molecular flexibility index (Phi) is 4.06. The molecule has 0 bridgehead atoms. The standard InChI is InChI=1S/C15H18ClFO/c1-2-15(8-3-4-9-15)13(18)10-11-6-5-7-12(16)14(11)17/h5-7H,2-4,8-10H2,1H3. The van der Waals surface area contributed by atoms with E-state index >= 15 is 0 Å². The molecule has 1 fully saturated rings. The third kappa shape index (κ3) is 2.44. The molecule has 0 amide bonds. The number of carbonyl (C=O) groups is 1. The summed E-state index contributed by atoms with van der Waals surface area (Å²) in [4.78, 5) is 12.4. The first-order chi connectivity index (χ1) is 8.59. The first kappa shape index (κ1) is 13.5. The van der Waals surface area contributed by atoms with Crippen molar-refractivity contribution < 1.29 is 9.18 Å². The third-order valence-electron chi connectivity index (χ3n) is 4.21. The van der Waals surface area contributed by atoms with Gasteiger partial charge in [0.1, 0.15) is 11.6 Å². The van der Waals surface area contributed by atoms with E-state index in [-0.39, 0.29) is 22.6 Å². The smallest absolute Gasteiger partial charge is 0.145 e. The molecular weight excluding hydrogens is 251 g/mol. The van der Waals surface area contributed by atoms with Crippen molar-refractivity contribution in [3.63, 3.8) is 0 Å². The van der Waals surface area contributed by atoms with Gasteiger partial charge in [-0.2, -0.15) is 0 Å². The van der Waals surface area contributed by atoms with Crippen LogP contribution in [0.5, 0.6) is 0 Å². The van der Waals surface area contributed by atoms with Crippen LogP contribution >= 0.6 is 11.6 Å². The molecule has 0 aliphatic heterocycles.